The van der Waals surface area contributed by atoms with E-state index >= 15 is 0 Å². The molecule has 0 aromatic rings. The third-order valence-corrected chi connectivity index (χ3v) is 11.0. The van der Waals surface area contributed by atoms with Gasteiger partial charge >= 0.3 is 23.9 Å². The van der Waals surface area contributed by atoms with Crippen LogP contribution in [-0.4, -0.2) is 84.1 Å². The zero-order valence-electron chi connectivity index (χ0n) is 26.0. The summed E-state index contributed by atoms with van der Waals surface area (Å²) >= 11 is 0. The first-order chi connectivity index (χ1) is 20.1. The van der Waals surface area contributed by atoms with Crippen LogP contribution in [0.4, 0.5) is 0 Å². The molecule has 0 bridgehead atoms. The summed E-state index contributed by atoms with van der Waals surface area (Å²) in [4.78, 5) is 50.3. The van der Waals surface area contributed by atoms with E-state index in [2.05, 4.69) is 13.8 Å². The topological polar surface area (TPSA) is 156 Å². The lowest BCUT2D eigenvalue weighted by molar-refractivity contribution is -0.285. The second kappa shape index (κ2) is 11.0. The maximum Gasteiger partial charge on any atom is 0.350 e. The number of carbonyl (C=O) groups excluding carboxylic acids is 4. The van der Waals surface area contributed by atoms with Crippen molar-refractivity contribution >= 4 is 23.9 Å². The van der Waals surface area contributed by atoms with Crippen LogP contribution in [0.5, 0.6) is 0 Å². The van der Waals surface area contributed by atoms with Crippen LogP contribution in [-0.2, 0) is 52.3 Å². The predicted octanol–water partition coefficient (Wildman–Crippen LogP) is 2.58. The summed E-state index contributed by atoms with van der Waals surface area (Å²) in [5, 5.41) is 11.8. The van der Waals surface area contributed by atoms with Crippen molar-refractivity contribution in [1.82, 2.24) is 0 Å². The van der Waals surface area contributed by atoms with Crippen molar-refractivity contribution in [3.63, 3.8) is 0 Å². The summed E-state index contributed by atoms with van der Waals surface area (Å²) in [6.07, 6.45) is 1.03. The van der Waals surface area contributed by atoms with Gasteiger partial charge in [-0.3, -0.25) is 14.4 Å². The zero-order valence-corrected chi connectivity index (χ0v) is 26.0. The van der Waals surface area contributed by atoms with E-state index in [4.69, 9.17) is 33.2 Å². The summed E-state index contributed by atoms with van der Waals surface area (Å²) in [6, 6.07) is 0. The molecule has 0 amide bonds. The van der Waals surface area contributed by atoms with Gasteiger partial charge in [-0.25, -0.2) is 4.79 Å². The molecular formula is C31H44O12. The van der Waals surface area contributed by atoms with Gasteiger partial charge in [0.2, 0.25) is 11.9 Å². The number of hydrogen-bond donors (Lipinski definition) is 1. The summed E-state index contributed by atoms with van der Waals surface area (Å²) in [7, 11) is 0. The molecule has 5 rings (SSSR count). The van der Waals surface area contributed by atoms with E-state index in [0.29, 0.717) is 12.8 Å². The van der Waals surface area contributed by atoms with Crippen LogP contribution in [0.1, 0.15) is 74.1 Å². The number of epoxide rings is 1. The Morgan fingerprint density at radius 1 is 1.05 bits per heavy atom. The molecule has 2 aliphatic carbocycles. The first kappa shape index (κ1) is 31.7. The Bertz CT molecular complexity index is 1180. The van der Waals surface area contributed by atoms with Gasteiger partial charge in [-0.05, 0) is 50.5 Å². The van der Waals surface area contributed by atoms with Gasteiger partial charge < -0.3 is 38.3 Å². The Labute approximate surface area is 251 Å². The number of ether oxygens (including phenoxy) is 7. The average molecular weight is 609 g/mol. The molecule has 1 spiro atoms. The molecule has 12 heteroatoms. The molecule has 0 unspecified atom stereocenters. The molecule has 12 nitrogen and oxygen atoms in total. The first-order valence-corrected chi connectivity index (χ1v) is 15.2. The Morgan fingerprint density at radius 2 is 1.74 bits per heavy atom. The molecule has 1 N–H and O–H groups in total. The van der Waals surface area contributed by atoms with Crippen molar-refractivity contribution in [2.24, 2.45) is 28.6 Å². The van der Waals surface area contributed by atoms with Gasteiger partial charge in [0.25, 0.3) is 0 Å². The third kappa shape index (κ3) is 4.93. The lowest BCUT2D eigenvalue weighted by Gasteiger charge is -2.65. The van der Waals surface area contributed by atoms with Crippen molar-refractivity contribution in [3.05, 3.63) is 12.3 Å². The quantitative estimate of drug-likeness (QED) is 0.244. The fraction of sp³-hybridized carbons (Fsp3) is 0.806. The molecule has 5 aliphatic rings. The second-order valence-corrected chi connectivity index (χ2v) is 13.3. The number of rotatable bonds is 8. The van der Waals surface area contributed by atoms with Crippen LogP contribution in [0.3, 0.4) is 0 Å². The smallest absolute Gasteiger partial charge is 0.350 e. The van der Waals surface area contributed by atoms with E-state index < -0.39 is 76.4 Å². The Balaban J connectivity index is 1.61. The van der Waals surface area contributed by atoms with E-state index in [1.165, 1.54) is 27.7 Å². The normalized spacial score (nSPS) is 43.9. The van der Waals surface area contributed by atoms with E-state index in [-0.39, 0.29) is 44.0 Å². The molecular weight excluding hydrogens is 564 g/mol. The fourth-order valence-corrected chi connectivity index (χ4v) is 8.42. The van der Waals surface area contributed by atoms with E-state index in [9.17, 15) is 24.3 Å². The summed E-state index contributed by atoms with van der Waals surface area (Å²) in [5.74, 6) is -2.99. The van der Waals surface area contributed by atoms with Crippen LogP contribution in [0.15, 0.2) is 12.3 Å². The number of esters is 4. The predicted molar refractivity (Wildman–Crippen MR) is 147 cm³/mol. The molecule has 2 saturated carbocycles. The molecule has 3 aliphatic heterocycles. The van der Waals surface area contributed by atoms with Crippen molar-refractivity contribution in [1.29, 1.82) is 0 Å². The molecule has 43 heavy (non-hydrogen) atoms. The zero-order chi connectivity index (χ0) is 31.5. The fourth-order valence-electron chi connectivity index (χ4n) is 8.42. The van der Waals surface area contributed by atoms with Gasteiger partial charge in [0.05, 0.1) is 30.5 Å². The molecule has 12 atom stereocenters. The lowest BCUT2D eigenvalue weighted by Crippen LogP contribution is -2.74. The molecule has 4 fully saturated rings. The Hall–Kier alpha value is -2.70. The van der Waals surface area contributed by atoms with Crippen LogP contribution in [0.2, 0.25) is 0 Å². The van der Waals surface area contributed by atoms with Gasteiger partial charge in [-0.15, -0.1) is 0 Å². The summed E-state index contributed by atoms with van der Waals surface area (Å²) in [6.45, 7) is 11.0. The van der Waals surface area contributed by atoms with Gasteiger partial charge in [-0.2, -0.15) is 0 Å². The summed E-state index contributed by atoms with van der Waals surface area (Å²) in [5.41, 5.74) is -4.80. The number of carbonyl (C=O) groups is 4. The highest BCUT2D eigenvalue weighted by atomic mass is 16.7. The molecule has 0 aromatic heterocycles. The molecule has 0 radical (unpaired) electrons. The third-order valence-electron chi connectivity index (χ3n) is 11.0. The maximum absolute atomic E-state index is 13.6. The number of aliphatic hydroxyl groups excluding tert-OH is 1. The van der Waals surface area contributed by atoms with Crippen LogP contribution in [0.25, 0.3) is 0 Å². The molecule has 0 aromatic carbocycles. The minimum atomic E-state index is -1.60. The average Bonchev–Trinajstić information content (AvgIpc) is 3.40. The van der Waals surface area contributed by atoms with E-state index in [1.54, 1.807) is 13.2 Å². The Kier molecular flexibility index (Phi) is 8.13. The van der Waals surface area contributed by atoms with E-state index in [1.807, 2.05) is 6.08 Å². The maximum atomic E-state index is 13.6. The minimum absolute atomic E-state index is 0.0566. The monoisotopic (exact) mass is 608 g/mol. The number of hydrogen-bond acceptors (Lipinski definition) is 12. The number of fused-ring (bicyclic) bond motifs is 3. The SMILES string of the molecule is CC[C@](C)(OC(C)=O)C(=O)O[C@H]1[C@H](O)C[C@@H]2[C@@](C)([C@@H]3C[C@@H]4C=CO[C@@H]4O3)[C@H](C)C[C@H](OC(C)=O)[C@@]2(COC(C)=O)[C@@]12CO2. The van der Waals surface area contributed by atoms with Crippen molar-refractivity contribution in [2.75, 3.05) is 13.2 Å². The molecule has 3 heterocycles. The number of aliphatic hydroxyl groups is 1. The minimum Gasteiger partial charge on any atom is -0.472 e. The van der Waals surface area contributed by atoms with Crippen LogP contribution < -0.4 is 0 Å². The van der Waals surface area contributed by atoms with Gasteiger partial charge in [-0.1, -0.05) is 20.8 Å². The van der Waals surface area contributed by atoms with Gasteiger partial charge in [0, 0.05) is 32.1 Å². The van der Waals surface area contributed by atoms with Crippen LogP contribution >= 0.6 is 0 Å². The summed E-state index contributed by atoms with van der Waals surface area (Å²) < 4.78 is 41.5. The first-order valence-electron chi connectivity index (χ1n) is 15.2. The van der Waals surface area contributed by atoms with Crippen LogP contribution in [0, 0.1) is 28.6 Å². The van der Waals surface area contributed by atoms with E-state index in [0.717, 1.165) is 0 Å². The van der Waals surface area contributed by atoms with Crippen molar-refractivity contribution in [2.45, 2.75) is 116 Å². The van der Waals surface area contributed by atoms with Crippen molar-refractivity contribution in [3.8, 4) is 0 Å². The standard InChI is InChI=1S/C31H44O12/c1-8-28(6,43-19(5)34)27(36)42-25-21(35)13-22-29(7,23-12-20-9-10-37-26(20)41-23)16(2)11-24(40-18(4)33)30(22,14-38-17(3)32)31(25)15-39-31/h9-10,16,20-26,35H,8,11-15H2,1-7H3/t16-,20+,21-,22-,23+,24+,25+,26-,28+,29+,30+,31-/m1/s1. The molecule has 2 saturated heterocycles. The second-order valence-electron chi connectivity index (χ2n) is 13.3. The highest BCUT2D eigenvalue weighted by Crippen LogP contribution is 2.70. The lowest BCUT2D eigenvalue weighted by atomic mass is 9.41. The van der Waals surface area contributed by atoms with Gasteiger partial charge in [0.15, 0.2) is 6.10 Å². The largest absolute Gasteiger partial charge is 0.472 e. The molecule has 240 valence electrons. The van der Waals surface area contributed by atoms with Gasteiger partial charge in [0.1, 0.15) is 18.3 Å². The Morgan fingerprint density at radius 3 is 2.30 bits per heavy atom. The highest BCUT2D eigenvalue weighted by Gasteiger charge is 2.81. The van der Waals surface area contributed by atoms with Crippen molar-refractivity contribution < 1.29 is 57.4 Å². The highest BCUT2D eigenvalue weighted by molar-refractivity contribution is 5.82.